The number of hydrogen-bond donors (Lipinski definition) is 0. The first-order chi connectivity index (χ1) is 14.5. The molecule has 0 fully saturated rings. The Balaban J connectivity index is 2.79. The van der Waals surface area contributed by atoms with Crippen molar-refractivity contribution in [2.24, 2.45) is 0 Å². The van der Waals surface area contributed by atoms with Crippen LogP contribution in [-0.4, -0.2) is 32.1 Å². The van der Waals surface area contributed by atoms with Gasteiger partial charge in [0.05, 0.1) is 8.07 Å². The smallest absolute Gasteiger partial charge is 0.327 e. The van der Waals surface area contributed by atoms with E-state index in [-0.39, 0.29) is 0 Å². The van der Waals surface area contributed by atoms with Crippen molar-refractivity contribution in [2.45, 2.75) is 64.8 Å². The highest BCUT2D eigenvalue weighted by Crippen LogP contribution is 2.27. The molecular formula is C25H40O2Si3. The molecule has 30 heavy (non-hydrogen) atoms. The van der Waals surface area contributed by atoms with Crippen LogP contribution in [0.2, 0.25) is 30.2 Å². The van der Waals surface area contributed by atoms with Crippen molar-refractivity contribution < 1.29 is 8.54 Å². The number of benzene rings is 2. The topological polar surface area (TPSA) is 18.5 Å². The van der Waals surface area contributed by atoms with Gasteiger partial charge in [0.1, 0.15) is 0 Å². The first kappa shape index (κ1) is 25.0. The van der Waals surface area contributed by atoms with Gasteiger partial charge >= 0.3 is 8.56 Å². The van der Waals surface area contributed by atoms with Gasteiger partial charge in [0, 0.05) is 7.11 Å². The highest BCUT2D eigenvalue weighted by Gasteiger charge is 2.46. The van der Waals surface area contributed by atoms with Crippen molar-refractivity contribution >= 4 is 35.3 Å². The first-order valence-corrected chi connectivity index (χ1v) is 18.5. The van der Waals surface area contributed by atoms with E-state index in [0.717, 1.165) is 12.1 Å². The van der Waals surface area contributed by atoms with Crippen LogP contribution in [0.5, 0.6) is 0 Å². The Kier molecular flexibility index (Phi) is 9.50. The van der Waals surface area contributed by atoms with Crippen LogP contribution in [0.25, 0.3) is 0 Å². The summed E-state index contributed by atoms with van der Waals surface area (Å²) in [5, 5.41) is 2.63. The molecule has 2 aromatic rings. The third-order valence-corrected chi connectivity index (χ3v) is 21.1. The largest absolute Gasteiger partial charge is 0.425 e. The molecule has 0 amide bonds. The zero-order valence-electron chi connectivity index (χ0n) is 19.8. The minimum atomic E-state index is -2.61. The molecule has 0 N–H and O–H groups in total. The number of rotatable bonds is 12. The molecule has 0 atom stereocenters. The molecule has 0 spiro atoms. The average molecular weight is 457 g/mol. The molecule has 2 rings (SSSR count). The van der Waals surface area contributed by atoms with E-state index >= 15 is 0 Å². The van der Waals surface area contributed by atoms with Crippen molar-refractivity contribution in [2.75, 3.05) is 7.11 Å². The van der Waals surface area contributed by atoms with Crippen molar-refractivity contribution in [3.63, 3.8) is 0 Å². The zero-order valence-corrected chi connectivity index (χ0v) is 22.8. The Bertz CT molecular complexity index is 713. The van der Waals surface area contributed by atoms with Gasteiger partial charge < -0.3 is 8.54 Å². The van der Waals surface area contributed by atoms with Crippen LogP contribution in [0.3, 0.4) is 0 Å². The monoisotopic (exact) mass is 456 g/mol. The van der Waals surface area contributed by atoms with E-state index in [2.05, 4.69) is 107 Å². The van der Waals surface area contributed by atoms with E-state index in [1.807, 2.05) is 7.11 Å². The van der Waals surface area contributed by atoms with Crippen LogP contribution in [0, 0.1) is 0 Å². The standard InChI is InChI=1S/C25H40O2Si3/c1-7-28(8-2,9-3)22-23-30(24-18-14-12-15-19-24,25-20-16-13-17-21-25)27-29(10-4,11-5)26-6/h12-23H,7-11H2,1-6H3. The summed E-state index contributed by atoms with van der Waals surface area (Å²) < 4.78 is 13.5. The van der Waals surface area contributed by atoms with Gasteiger partial charge in [-0.1, -0.05) is 125 Å². The van der Waals surface area contributed by atoms with Gasteiger partial charge in [0.15, 0.2) is 0 Å². The molecule has 2 nitrogen and oxygen atoms in total. The Labute approximate surface area is 187 Å². The molecule has 0 saturated heterocycles. The fourth-order valence-corrected chi connectivity index (χ4v) is 17.1. The minimum Gasteiger partial charge on any atom is -0.425 e. The molecule has 0 bridgehead atoms. The van der Waals surface area contributed by atoms with Gasteiger partial charge in [-0.25, -0.2) is 0 Å². The third-order valence-electron chi connectivity index (χ3n) is 6.99. The maximum atomic E-state index is 7.37. The van der Waals surface area contributed by atoms with Crippen LogP contribution in [-0.2, 0) is 8.54 Å². The van der Waals surface area contributed by atoms with Crippen LogP contribution < -0.4 is 10.4 Å². The van der Waals surface area contributed by atoms with Gasteiger partial charge in [0.2, 0.25) is 0 Å². The Hall–Kier alpha value is -1.25. The predicted molar refractivity (Wildman–Crippen MR) is 139 cm³/mol. The molecule has 2 aromatic carbocycles. The highest BCUT2D eigenvalue weighted by molar-refractivity contribution is 7.06. The first-order valence-electron chi connectivity index (χ1n) is 11.6. The quantitative estimate of drug-likeness (QED) is 0.363. The van der Waals surface area contributed by atoms with Crippen molar-refractivity contribution in [1.29, 1.82) is 0 Å². The summed E-state index contributed by atoms with van der Waals surface area (Å²) in [6, 6.07) is 27.6. The predicted octanol–water partition coefficient (Wildman–Crippen LogP) is 6.03. The minimum absolute atomic E-state index is 0.958. The van der Waals surface area contributed by atoms with Gasteiger partial charge in [-0.2, -0.15) is 0 Å². The van der Waals surface area contributed by atoms with Gasteiger partial charge in [-0.15, -0.1) is 0 Å². The highest BCUT2D eigenvalue weighted by atomic mass is 28.4. The second kappa shape index (κ2) is 11.4. The van der Waals surface area contributed by atoms with Crippen LogP contribution >= 0.6 is 0 Å². The summed E-state index contributed by atoms with van der Waals surface area (Å²) in [4.78, 5) is 0. The van der Waals surface area contributed by atoms with E-state index in [4.69, 9.17) is 8.54 Å². The molecule has 0 unspecified atom stereocenters. The molecule has 164 valence electrons. The fraction of sp³-hybridized carbons (Fsp3) is 0.440. The Morgan fingerprint density at radius 2 is 1.07 bits per heavy atom. The van der Waals surface area contributed by atoms with Crippen LogP contribution in [0.15, 0.2) is 72.1 Å². The molecule has 0 saturated carbocycles. The molecule has 0 aliphatic carbocycles. The second-order valence-corrected chi connectivity index (χ2v) is 20.7. The summed E-state index contributed by atoms with van der Waals surface area (Å²) in [5.41, 5.74) is 5.16. The lowest BCUT2D eigenvalue weighted by Gasteiger charge is -2.40. The average Bonchev–Trinajstić information content (AvgIpc) is 2.84. The Morgan fingerprint density at radius 3 is 1.40 bits per heavy atom. The van der Waals surface area contributed by atoms with E-state index in [0.29, 0.717) is 0 Å². The summed E-state index contributed by atoms with van der Waals surface area (Å²) in [6.45, 7) is 11.5. The summed E-state index contributed by atoms with van der Waals surface area (Å²) >= 11 is 0. The molecule has 0 radical (unpaired) electrons. The van der Waals surface area contributed by atoms with E-state index in [1.165, 1.54) is 28.5 Å². The molecule has 0 aromatic heterocycles. The van der Waals surface area contributed by atoms with Gasteiger partial charge in [-0.05, 0) is 22.5 Å². The lowest BCUT2D eigenvalue weighted by atomic mass is 10.4. The van der Waals surface area contributed by atoms with Gasteiger partial charge in [0.25, 0.3) is 8.32 Å². The summed E-state index contributed by atoms with van der Waals surface area (Å²) in [7, 11) is -4.53. The molecule has 0 aliphatic heterocycles. The van der Waals surface area contributed by atoms with E-state index in [9.17, 15) is 0 Å². The normalized spacial score (nSPS) is 13.1. The lowest BCUT2D eigenvalue weighted by molar-refractivity contribution is 0.301. The summed E-state index contributed by atoms with van der Waals surface area (Å²) in [6.07, 6.45) is 0. The Morgan fingerprint density at radius 1 is 0.633 bits per heavy atom. The van der Waals surface area contributed by atoms with E-state index in [1.54, 1.807) is 0 Å². The molecule has 5 heteroatoms. The molecule has 0 heterocycles. The fourth-order valence-electron chi connectivity index (χ4n) is 4.30. The zero-order chi connectivity index (χ0) is 22.1. The van der Waals surface area contributed by atoms with Crippen molar-refractivity contribution in [3.8, 4) is 0 Å². The SMILES string of the molecule is CC[Si](C=C[Si](O[Si](CC)(CC)OC)(c1ccccc1)c1ccccc1)(CC)CC. The third kappa shape index (κ3) is 5.32. The second-order valence-electron chi connectivity index (χ2n) is 8.15. The van der Waals surface area contributed by atoms with E-state index < -0.39 is 25.0 Å². The van der Waals surface area contributed by atoms with Crippen LogP contribution in [0.4, 0.5) is 0 Å². The maximum Gasteiger partial charge on any atom is 0.327 e. The van der Waals surface area contributed by atoms with Gasteiger partial charge in [-0.3, -0.25) is 0 Å². The molecule has 0 aliphatic rings. The maximum absolute atomic E-state index is 7.37. The number of hydrogen-bond acceptors (Lipinski definition) is 2. The van der Waals surface area contributed by atoms with Crippen molar-refractivity contribution in [3.05, 3.63) is 72.1 Å². The van der Waals surface area contributed by atoms with Crippen molar-refractivity contribution in [1.82, 2.24) is 0 Å². The van der Waals surface area contributed by atoms with Crippen LogP contribution in [0.1, 0.15) is 34.6 Å². The summed E-state index contributed by atoms with van der Waals surface area (Å²) in [5.74, 6) is 0. The molecular weight excluding hydrogens is 417 g/mol. The lowest BCUT2D eigenvalue weighted by Crippen LogP contribution is -2.66.